The Morgan fingerprint density at radius 3 is 2.50 bits per heavy atom. The van der Waals surface area contributed by atoms with Crippen molar-refractivity contribution in [2.75, 3.05) is 25.0 Å². The molecule has 5 nitrogen and oxygen atoms in total. The first-order valence-electron chi connectivity index (χ1n) is 7.28. The third-order valence-electron chi connectivity index (χ3n) is 4.18. The summed E-state index contributed by atoms with van der Waals surface area (Å²) in [6.45, 7) is 5.65. The van der Waals surface area contributed by atoms with E-state index in [-0.39, 0.29) is 24.2 Å². The van der Waals surface area contributed by atoms with Gasteiger partial charge in [-0.1, -0.05) is 12.1 Å². The van der Waals surface area contributed by atoms with Crippen molar-refractivity contribution in [2.24, 2.45) is 5.92 Å². The van der Waals surface area contributed by atoms with Crippen LogP contribution in [0.1, 0.15) is 24.0 Å². The number of hydrogen-bond donors (Lipinski definition) is 2. The molecule has 1 fully saturated rings. The van der Waals surface area contributed by atoms with Crippen LogP contribution in [0.2, 0.25) is 0 Å². The fourth-order valence-electron chi connectivity index (χ4n) is 2.62. The molecule has 1 saturated heterocycles. The number of carboxylic acids is 1. The molecule has 22 heavy (non-hydrogen) atoms. The predicted octanol–water partition coefficient (Wildman–Crippen LogP) is 2.46. The Hall–Kier alpha value is -1.59. The molecule has 0 atom stereocenters. The highest BCUT2D eigenvalue weighted by molar-refractivity contribution is 5.93. The van der Waals surface area contributed by atoms with Gasteiger partial charge in [-0.15, -0.1) is 12.4 Å². The number of benzene rings is 1. The summed E-state index contributed by atoms with van der Waals surface area (Å²) in [5.41, 5.74) is 3.07. The van der Waals surface area contributed by atoms with Crippen LogP contribution < -0.4 is 5.32 Å². The molecule has 0 saturated carbocycles. The van der Waals surface area contributed by atoms with E-state index in [0.717, 1.165) is 16.8 Å². The molecule has 0 aliphatic carbocycles. The van der Waals surface area contributed by atoms with E-state index in [9.17, 15) is 9.59 Å². The van der Waals surface area contributed by atoms with E-state index in [2.05, 4.69) is 5.32 Å². The normalized spacial score (nSPS) is 15.9. The summed E-state index contributed by atoms with van der Waals surface area (Å²) in [6.07, 6.45) is 1.23. The van der Waals surface area contributed by atoms with Gasteiger partial charge in [0, 0.05) is 5.69 Å². The first kappa shape index (κ1) is 18.5. The molecule has 1 aromatic carbocycles. The third kappa shape index (κ3) is 4.71. The summed E-state index contributed by atoms with van der Waals surface area (Å²) in [7, 11) is 0. The second-order valence-electron chi connectivity index (χ2n) is 5.68. The molecule has 2 rings (SSSR count). The van der Waals surface area contributed by atoms with E-state index in [0.29, 0.717) is 32.5 Å². The molecule has 6 heteroatoms. The second kappa shape index (κ2) is 8.15. The van der Waals surface area contributed by atoms with Crippen molar-refractivity contribution < 1.29 is 14.7 Å². The number of anilines is 1. The minimum absolute atomic E-state index is 0. The standard InChI is InChI=1S/C16H22N2O3.ClH/c1-11-4-3-5-14(12(11)2)17-15(19)10-18-8-6-13(7-9-18)16(20)21;/h3-5,13H,6-10H2,1-2H3,(H,17,19)(H,20,21);1H. The van der Waals surface area contributed by atoms with Crippen molar-refractivity contribution >= 4 is 30.0 Å². The van der Waals surface area contributed by atoms with Gasteiger partial charge in [-0.2, -0.15) is 0 Å². The van der Waals surface area contributed by atoms with Gasteiger partial charge in [0.05, 0.1) is 12.5 Å². The smallest absolute Gasteiger partial charge is 0.306 e. The fourth-order valence-corrected chi connectivity index (χ4v) is 2.62. The van der Waals surface area contributed by atoms with Crippen LogP contribution in [0, 0.1) is 19.8 Å². The minimum Gasteiger partial charge on any atom is -0.481 e. The van der Waals surface area contributed by atoms with E-state index in [4.69, 9.17) is 5.11 Å². The Morgan fingerprint density at radius 1 is 1.27 bits per heavy atom. The van der Waals surface area contributed by atoms with Crippen LogP contribution in [0.4, 0.5) is 5.69 Å². The van der Waals surface area contributed by atoms with Gasteiger partial charge >= 0.3 is 5.97 Å². The highest BCUT2D eigenvalue weighted by Crippen LogP contribution is 2.19. The van der Waals surface area contributed by atoms with Gasteiger partial charge in [0.2, 0.25) is 5.91 Å². The quantitative estimate of drug-likeness (QED) is 0.891. The van der Waals surface area contributed by atoms with Gasteiger partial charge < -0.3 is 10.4 Å². The molecule has 0 bridgehead atoms. The molecule has 1 aromatic rings. The first-order valence-corrected chi connectivity index (χ1v) is 7.28. The van der Waals surface area contributed by atoms with Crippen molar-refractivity contribution in [1.82, 2.24) is 4.90 Å². The van der Waals surface area contributed by atoms with Gasteiger partial charge in [-0.25, -0.2) is 0 Å². The van der Waals surface area contributed by atoms with Crippen LogP contribution in [-0.4, -0.2) is 41.5 Å². The maximum Gasteiger partial charge on any atom is 0.306 e. The molecule has 0 unspecified atom stereocenters. The molecular weight excluding hydrogens is 304 g/mol. The van der Waals surface area contributed by atoms with Gasteiger partial charge in [-0.3, -0.25) is 14.5 Å². The number of carbonyl (C=O) groups excluding carboxylic acids is 1. The Kier molecular flexibility index (Phi) is 6.84. The molecule has 2 N–H and O–H groups in total. The summed E-state index contributed by atoms with van der Waals surface area (Å²) in [6, 6.07) is 5.84. The van der Waals surface area contributed by atoms with E-state index < -0.39 is 5.97 Å². The molecule has 0 aromatic heterocycles. The Morgan fingerprint density at radius 2 is 1.91 bits per heavy atom. The number of piperidine rings is 1. The van der Waals surface area contributed by atoms with Crippen LogP contribution in [0.5, 0.6) is 0 Å². The van der Waals surface area contributed by atoms with E-state index >= 15 is 0 Å². The molecule has 1 aliphatic rings. The number of aliphatic carboxylic acids is 1. The molecular formula is C16H23ClN2O3. The van der Waals surface area contributed by atoms with E-state index in [1.54, 1.807) is 0 Å². The van der Waals surface area contributed by atoms with E-state index in [1.165, 1.54) is 0 Å². The van der Waals surface area contributed by atoms with Gasteiger partial charge in [-0.05, 0) is 57.0 Å². The summed E-state index contributed by atoms with van der Waals surface area (Å²) in [4.78, 5) is 25.0. The maximum atomic E-state index is 12.1. The molecule has 0 spiro atoms. The van der Waals surface area contributed by atoms with Crippen molar-refractivity contribution in [2.45, 2.75) is 26.7 Å². The first-order chi connectivity index (χ1) is 9.97. The number of carbonyl (C=O) groups is 2. The number of amides is 1. The largest absolute Gasteiger partial charge is 0.481 e. The highest BCUT2D eigenvalue weighted by Gasteiger charge is 2.25. The molecule has 1 heterocycles. The van der Waals surface area contributed by atoms with Gasteiger partial charge in [0.25, 0.3) is 0 Å². The highest BCUT2D eigenvalue weighted by atomic mass is 35.5. The number of hydrogen-bond acceptors (Lipinski definition) is 3. The van der Waals surface area contributed by atoms with Crippen LogP contribution in [-0.2, 0) is 9.59 Å². The topological polar surface area (TPSA) is 69.6 Å². The average Bonchev–Trinajstić information content (AvgIpc) is 2.44. The molecule has 1 aliphatic heterocycles. The second-order valence-corrected chi connectivity index (χ2v) is 5.68. The third-order valence-corrected chi connectivity index (χ3v) is 4.18. The zero-order valence-electron chi connectivity index (χ0n) is 13.0. The summed E-state index contributed by atoms with van der Waals surface area (Å²) in [5, 5.41) is 11.9. The van der Waals surface area contributed by atoms with Crippen LogP contribution in [0.25, 0.3) is 0 Å². The van der Waals surface area contributed by atoms with Crippen molar-refractivity contribution in [1.29, 1.82) is 0 Å². The van der Waals surface area contributed by atoms with Gasteiger partial charge in [0.1, 0.15) is 0 Å². The summed E-state index contributed by atoms with van der Waals surface area (Å²) >= 11 is 0. The average molecular weight is 327 g/mol. The lowest BCUT2D eigenvalue weighted by Crippen LogP contribution is -2.40. The number of aryl methyl sites for hydroxylation is 1. The van der Waals surface area contributed by atoms with Crippen molar-refractivity contribution in [3.8, 4) is 0 Å². The van der Waals surface area contributed by atoms with Crippen LogP contribution >= 0.6 is 12.4 Å². The summed E-state index contributed by atoms with van der Waals surface area (Å²) in [5.74, 6) is -1.03. The van der Waals surface area contributed by atoms with Crippen LogP contribution in [0.3, 0.4) is 0 Å². The number of halogens is 1. The van der Waals surface area contributed by atoms with Gasteiger partial charge in [0.15, 0.2) is 0 Å². The van der Waals surface area contributed by atoms with Crippen LogP contribution in [0.15, 0.2) is 18.2 Å². The number of carboxylic acid groups (broad SMARTS) is 1. The fraction of sp³-hybridized carbons (Fsp3) is 0.500. The number of likely N-dealkylation sites (tertiary alicyclic amines) is 1. The van der Waals surface area contributed by atoms with Crippen molar-refractivity contribution in [3.63, 3.8) is 0 Å². The Labute approximate surface area is 137 Å². The zero-order chi connectivity index (χ0) is 15.4. The zero-order valence-corrected chi connectivity index (χ0v) is 13.8. The maximum absolute atomic E-state index is 12.1. The number of nitrogens with one attached hydrogen (secondary N) is 1. The SMILES string of the molecule is Cc1cccc(NC(=O)CN2CCC(C(=O)O)CC2)c1C.Cl. The predicted molar refractivity (Wildman–Crippen MR) is 88.6 cm³/mol. The number of rotatable bonds is 4. The minimum atomic E-state index is -0.727. The van der Waals surface area contributed by atoms with E-state index in [1.807, 2.05) is 36.9 Å². The monoisotopic (exact) mass is 326 g/mol. The summed E-state index contributed by atoms with van der Waals surface area (Å²) < 4.78 is 0. The Balaban J connectivity index is 0.00000242. The lowest BCUT2D eigenvalue weighted by molar-refractivity contribution is -0.143. The lowest BCUT2D eigenvalue weighted by Gasteiger charge is -2.29. The lowest BCUT2D eigenvalue weighted by atomic mass is 9.97. The van der Waals surface area contributed by atoms with Crippen molar-refractivity contribution in [3.05, 3.63) is 29.3 Å². The Bertz CT molecular complexity index is 540. The molecule has 1 amide bonds. The molecule has 122 valence electrons. The molecule has 0 radical (unpaired) electrons. The number of nitrogens with zero attached hydrogens (tertiary/aromatic N) is 1.